The van der Waals surface area contributed by atoms with Crippen LogP contribution in [-0.4, -0.2) is 21.1 Å². The molecule has 1 aromatic carbocycles. The number of carbonyl (C=O) groups is 1. The Morgan fingerprint density at radius 1 is 1.21 bits per heavy atom. The second kappa shape index (κ2) is 4.00. The Labute approximate surface area is 81.4 Å². The Hall–Kier alpha value is -1.71. The first-order valence-corrected chi connectivity index (χ1v) is 4.24. The van der Waals surface area contributed by atoms with Crippen molar-refractivity contribution in [3.63, 3.8) is 0 Å². The number of hydrogen-bond acceptors (Lipinski definition) is 4. The van der Waals surface area contributed by atoms with E-state index in [1.807, 2.05) is 0 Å². The van der Waals surface area contributed by atoms with Crippen molar-refractivity contribution < 1.29 is 20.1 Å². The fourth-order valence-electron chi connectivity index (χ4n) is 1.12. The van der Waals surface area contributed by atoms with E-state index in [4.69, 9.17) is 10.2 Å². The lowest BCUT2D eigenvalue weighted by atomic mass is 10.1. The van der Waals surface area contributed by atoms with Crippen molar-refractivity contribution in [3.8, 4) is 17.2 Å². The maximum atomic E-state index is 10.7. The monoisotopic (exact) mass is 196 g/mol. The van der Waals surface area contributed by atoms with E-state index in [1.54, 1.807) is 0 Å². The number of hydrogen-bond donors (Lipinski definition) is 3. The Bertz CT molecular complexity index is 357. The van der Waals surface area contributed by atoms with Crippen LogP contribution in [0.15, 0.2) is 12.1 Å². The van der Waals surface area contributed by atoms with E-state index in [0.29, 0.717) is 18.4 Å². The van der Waals surface area contributed by atoms with Gasteiger partial charge >= 0.3 is 0 Å². The van der Waals surface area contributed by atoms with Crippen LogP contribution < -0.4 is 0 Å². The normalized spacial score (nSPS) is 10.1. The highest BCUT2D eigenvalue weighted by Gasteiger charge is 2.10. The molecule has 76 valence electrons. The molecule has 0 aliphatic heterocycles. The molecule has 0 saturated carbocycles. The molecule has 0 saturated heterocycles. The van der Waals surface area contributed by atoms with Gasteiger partial charge in [-0.1, -0.05) is 6.07 Å². The largest absolute Gasteiger partial charge is 0.504 e. The fourth-order valence-corrected chi connectivity index (χ4v) is 1.12. The zero-order chi connectivity index (χ0) is 10.7. The fraction of sp³-hybridized carbons (Fsp3) is 0.300. The molecule has 14 heavy (non-hydrogen) atoms. The van der Waals surface area contributed by atoms with Gasteiger partial charge in [0, 0.05) is 6.42 Å². The predicted molar refractivity (Wildman–Crippen MR) is 50.4 cm³/mol. The summed E-state index contributed by atoms with van der Waals surface area (Å²) in [4.78, 5) is 10.7. The van der Waals surface area contributed by atoms with Crippen LogP contribution in [0.1, 0.15) is 18.9 Å². The molecule has 0 spiro atoms. The van der Waals surface area contributed by atoms with Crippen molar-refractivity contribution in [1.29, 1.82) is 0 Å². The van der Waals surface area contributed by atoms with Gasteiger partial charge in [-0.15, -0.1) is 0 Å². The molecule has 0 heterocycles. The zero-order valence-electron chi connectivity index (χ0n) is 7.82. The number of ketones is 1. The first kappa shape index (κ1) is 10.4. The lowest BCUT2D eigenvalue weighted by Gasteiger charge is -2.06. The van der Waals surface area contributed by atoms with Gasteiger partial charge in [-0.2, -0.15) is 0 Å². The molecule has 0 atom stereocenters. The second-order valence-corrected chi connectivity index (χ2v) is 3.14. The van der Waals surface area contributed by atoms with E-state index in [9.17, 15) is 9.90 Å². The Kier molecular flexibility index (Phi) is 2.96. The highest BCUT2D eigenvalue weighted by molar-refractivity contribution is 5.75. The molecule has 0 amide bonds. The van der Waals surface area contributed by atoms with Gasteiger partial charge in [0.25, 0.3) is 0 Å². The van der Waals surface area contributed by atoms with Crippen molar-refractivity contribution in [2.24, 2.45) is 0 Å². The number of Topliss-reactive ketones (excluding diaryl/α,β-unsaturated/α-hetero) is 1. The maximum absolute atomic E-state index is 10.7. The minimum absolute atomic E-state index is 0.0111. The number of benzene rings is 1. The summed E-state index contributed by atoms with van der Waals surface area (Å²) in [7, 11) is 0. The van der Waals surface area contributed by atoms with Gasteiger partial charge in [-0.05, 0) is 25.0 Å². The van der Waals surface area contributed by atoms with E-state index in [1.165, 1.54) is 19.1 Å². The number of aromatic hydroxyl groups is 3. The highest BCUT2D eigenvalue weighted by Crippen LogP contribution is 2.37. The molecule has 1 rings (SSSR count). The van der Waals surface area contributed by atoms with Crippen LogP contribution in [0, 0.1) is 0 Å². The average Bonchev–Trinajstić information content (AvgIpc) is 2.13. The minimum atomic E-state index is -0.536. The SMILES string of the molecule is CC(=O)CCc1ccc(O)c(O)c1O. The zero-order valence-corrected chi connectivity index (χ0v) is 7.82. The van der Waals surface area contributed by atoms with Gasteiger partial charge in [0.2, 0.25) is 5.75 Å². The predicted octanol–water partition coefficient (Wildman–Crippen LogP) is 1.32. The third kappa shape index (κ3) is 2.16. The van der Waals surface area contributed by atoms with Crippen LogP contribution in [0.4, 0.5) is 0 Å². The summed E-state index contributed by atoms with van der Waals surface area (Å²) in [5, 5.41) is 27.6. The lowest BCUT2D eigenvalue weighted by molar-refractivity contribution is -0.116. The lowest BCUT2D eigenvalue weighted by Crippen LogP contribution is -1.94. The van der Waals surface area contributed by atoms with Gasteiger partial charge in [0.05, 0.1) is 0 Å². The van der Waals surface area contributed by atoms with Gasteiger partial charge in [0.1, 0.15) is 5.78 Å². The highest BCUT2D eigenvalue weighted by atomic mass is 16.3. The molecule has 0 aromatic heterocycles. The first-order chi connectivity index (χ1) is 6.52. The smallest absolute Gasteiger partial charge is 0.200 e. The molecule has 0 radical (unpaired) electrons. The summed E-state index contributed by atoms with van der Waals surface area (Å²) in [6, 6.07) is 2.76. The number of phenols is 3. The molecule has 3 N–H and O–H groups in total. The number of carbonyl (C=O) groups excluding carboxylic acids is 1. The molecule has 4 nitrogen and oxygen atoms in total. The van der Waals surface area contributed by atoms with Crippen LogP contribution in [0.5, 0.6) is 17.2 Å². The van der Waals surface area contributed by atoms with Crippen molar-refractivity contribution in [1.82, 2.24) is 0 Å². The molecule has 0 fully saturated rings. The molecule has 1 aromatic rings. The number of phenolic OH excluding ortho intramolecular Hbond substituents is 3. The van der Waals surface area contributed by atoms with Crippen LogP contribution in [0.3, 0.4) is 0 Å². The van der Waals surface area contributed by atoms with E-state index >= 15 is 0 Å². The minimum Gasteiger partial charge on any atom is -0.504 e. The van der Waals surface area contributed by atoms with E-state index in [0.717, 1.165) is 0 Å². The third-order valence-corrected chi connectivity index (χ3v) is 1.96. The Balaban J connectivity index is 2.88. The molecule has 0 aliphatic rings. The second-order valence-electron chi connectivity index (χ2n) is 3.14. The summed E-state index contributed by atoms with van der Waals surface area (Å²) in [5.41, 5.74) is 0.454. The average molecular weight is 196 g/mol. The summed E-state index contributed by atoms with van der Waals surface area (Å²) in [6.45, 7) is 1.46. The van der Waals surface area contributed by atoms with Crippen molar-refractivity contribution in [3.05, 3.63) is 17.7 Å². The van der Waals surface area contributed by atoms with Gasteiger partial charge < -0.3 is 20.1 Å². The van der Waals surface area contributed by atoms with Crippen LogP contribution in [0.25, 0.3) is 0 Å². The Morgan fingerprint density at radius 2 is 1.86 bits per heavy atom. The maximum Gasteiger partial charge on any atom is 0.200 e. The van der Waals surface area contributed by atoms with Crippen LogP contribution >= 0.6 is 0 Å². The number of aryl methyl sites for hydroxylation is 1. The van der Waals surface area contributed by atoms with Gasteiger partial charge in [0.15, 0.2) is 11.5 Å². The molecule has 0 aliphatic carbocycles. The summed E-state index contributed by atoms with van der Waals surface area (Å²) >= 11 is 0. The van der Waals surface area contributed by atoms with Crippen LogP contribution in [0.2, 0.25) is 0 Å². The van der Waals surface area contributed by atoms with Crippen molar-refractivity contribution in [2.45, 2.75) is 19.8 Å². The summed E-state index contributed by atoms with van der Waals surface area (Å²) in [5.74, 6) is -1.25. The molecular formula is C10H12O4. The quantitative estimate of drug-likeness (QED) is 0.637. The van der Waals surface area contributed by atoms with Crippen molar-refractivity contribution >= 4 is 5.78 Å². The Morgan fingerprint density at radius 3 is 2.43 bits per heavy atom. The molecule has 0 bridgehead atoms. The standard InChI is InChI=1S/C10H12O4/c1-6(11)2-3-7-4-5-8(12)10(14)9(7)13/h4-5,12-14H,2-3H2,1H3. The van der Waals surface area contributed by atoms with Gasteiger partial charge in [-0.3, -0.25) is 0 Å². The van der Waals surface area contributed by atoms with Gasteiger partial charge in [-0.25, -0.2) is 0 Å². The summed E-state index contributed by atoms with van der Waals surface area (Å²) < 4.78 is 0. The first-order valence-electron chi connectivity index (χ1n) is 4.24. The van der Waals surface area contributed by atoms with E-state index < -0.39 is 5.75 Å². The molecule has 0 unspecified atom stereocenters. The topological polar surface area (TPSA) is 77.8 Å². The van der Waals surface area contributed by atoms with E-state index in [-0.39, 0.29) is 17.3 Å². The molecular weight excluding hydrogens is 184 g/mol. The molecule has 4 heteroatoms. The number of rotatable bonds is 3. The van der Waals surface area contributed by atoms with Crippen molar-refractivity contribution in [2.75, 3.05) is 0 Å². The third-order valence-electron chi connectivity index (χ3n) is 1.96. The van der Waals surface area contributed by atoms with Crippen LogP contribution in [-0.2, 0) is 11.2 Å². The van der Waals surface area contributed by atoms with E-state index in [2.05, 4.69) is 0 Å². The summed E-state index contributed by atoms with van der Waals surface area (Å²) in [6.07, 6.45) is 0.660.